The molecule has 1 aromatic heterocycles. The smallest absolute Gasteiger partial charge is 0.120 e. The molecule has 0 spiro atoms. The van der Waals surface area contributed by atoms with Crippen molar-refractivity contribution in [3.63, 3.8) is 0 Å². The highest BCUT2D eigenvalue weighted by molar-refractivity contribution is 5.31. The van der Waals surface area contributed by atoms with Crippen LogP contribution in [0.25, 0.3) is 0 Å². The van der Waals surface area contributed by atoms with Gasteiger partial charge in [0.25, 0.3) is 0 Å². The molecule has 2 aliphatic rings. The molecule has 1 fully saturated rings. The van der Waals surface area contributed by atoms with E-state index in [1.807, 2.05) is 6.07 Å². The van der Waals surface area contributed by atoms with Crippen molar-refractivity contribution in [1.82, 2.24) is 10.3 Å². The minimum atomic E-state index is -1.04. The normalized spacial score (nSPS) is 33.1. The summed E-state index contributed by atoms with van der Waals surface area (Å²) < 4.78 is 15.1. The Hall–Kier alpha value is -0.960. The van der Waals surface area contributed by atoms with Crippen LogP contribution in [0.2, 0.25) is 0 Å². The van der Waals surface area contributed by atoms with Crippen molar-refractivity contribution in [3.05, 3.63) is 29.6 Å². The molecule has 3 rings (SSSR count). The first-order valence-corrected chi connectivity index (χ1v) is 6.63. The van der Waals surface area contributed by atoms with Crippen molar-refractivity contribution in [1.29, 1.82) is 0 Å². The summed E-state index contributed by atoms with van der Waals surface area (Å²) in [4.78, 5) is 4.43. The summed E-state index contributed by atoms with van der Waals surface area (Å²) in [6.45, 7) is 1.75. The van der Waals surface area contributed by atoms with Gasteiger partial charge in [-0.3, -0.25) is 4.98 Å². The number of hydrogen-bond acceptors (Lipinski definition) is 2. The second-order valence-electron chi connectivity index (χ2n) is 5.28. The zero-order valence-corrected chi connectivity index (χ0v) is 10.1. The van der Waals surface area contributed by atoms with Gasteiger partial charge >= 0.3 is 0 Å². The van der Waals surface area contributed by atoms with Crippen LogP contribution in [0.3, 0.4) is 0 Å². The number of halogens is 1. The van der Waals surface area contributed by atoms with Crippen molar-refractivity contribution < 1.29 is 4.39 Å². The Morgan fingerprint density at radius 3 is 3.24 bits per heavy atom. The largest absolute Gasteiger partial charge is 0.317 e. The fourth-order valence-electron chi connectivity index (χ4n) is 3.32. The Balaban J connectivity index is 1.89. The monoisotopic (exact) mass is 234 g/mol. The molecule has 2 unspecified atom stereocenters. The van der Waals surface area contributed by atoms with Crippen molar-refractivity contribution in [2.45, 2.75) is 43.7 Å². The lowest BCUT2D eigenvalue weighted by Crippen LogP contribution is -2.32. The Bertz CT molecular complexity index is 397. The molecule has 0 bridgehead atoms. The second-order valence-corrected chi connectivity index (χ2v) is 5.28. The Labute approximate surface area is 102 Å². The minimum Gasteiger partial charge on any atom is -0.317 e. The van der Waals surface area contributed by atoms with Crippen LogP contribution in [0, 0.1) is 0 Å². The van der Waals surface area contributed by atoms with Crippen LogP contribution in [0.1, 0.15) is 42.9 Å². The predicted octanol–water partition coefficient (Wildman–Crippen LogP) is 2.59. The first kappa shape index (κ1) is 11.1. The molecule has 3 heteroatoms. The lowest BCUT2D eigenvalue weighted by atomic mass is 9.81. The van der Waals surface area contributed by atoms with Gasteiger partial charge in [-0.25, -0.2) is 4.39 Å². The summed E-state index contributed by atoms with van der Waals surface area (Å²) in [5, 5.41) is 3.29. The second kappa shape index (κ2) is 4.37. The number of aryl methyl sites for hydroxylation is 1. The fraction of sp³-hybridized carbons (Fsp3) is 0.643. The lowest BCUT2D eigenvalue weighted by Gasteiger charge is -2.30. The third-order valence-corrected chi connectivity index (χ3v) is 4.25. The highest BCUT2D eigenvalue weighted by Crippen LogP contribution is 2.45. The summed E-state index contributed by atoms with van der Waals surface area (Å²) in [6, 6.07) is 4.06. The SMILES string of the molecule is FC1(C2CCc3cccnc32)CCCNCC1. The molecule has 1 aromatic rings. The zero-order valence-electron chi connectivity index (χ0n) is 10.1. The molecule has 1 N–H and O–H groups in total. The summed E-state index contributed by atoms with van der Waals surface area (Å²) >= 11 is 0. The first-order valence-electron chi connectivity index (χ1n) is 6.63. The van der Waals surface area contributed by atoms with Crippen LogP contribution in [0.5, 0.6) is 0 Å². The quantitative estimate of drug-likeness (QED) is 0.808. The van der Waals surface area contributed by atoms with Crippen molar-refractivity contribution in [2.24, 2.45) is 0 Å². The van der Waals surface area contributed by atoms with Crippen molar-refractivity contribution in [2.75, 3.05) is 13.1 Å². The van der Waals surface area contributed by atoms with Crippen LogP contribution in [0.4, 0.5) is 4.39 Å². The fourth-order valence-corrected chi connectivity index (χ4v) is 3.32. The molecule has 0 saturated carbocycles. The van der Waals surface area contributed by atoms with Gasteiger partial charge in [-0.1, -0.05) is 6.07 Å². The summed E-state index contributed by atoms with van der Waals surface area (Å²) in [7, 11) is 0. The Kier molecular flexibility index (Phi) is 2.87. The number of aromatic nitrogens is 1. The van der Waals surface area contributed by atoms with E-state index in [2.05, 4.69) is 16.4 Å². The average molecular weight is 234 g/mol. The van der Waals surface area contributed by atoms with Gasteiger partial charge in [-0.2, -0.15) is 0 Å². The van der Waals surface area contributed by atoms with Gasteiger partial charge in [-0.05, 0) is 56.8 Å². The minimum absolute atomic E-state index is 0.0265. The molecule has 0 aromatic carbocycles. The summed E-state index contributed by atoms with van der Waals surface area (Å²) in [5.74, 6) is 0.0265. The van der Waals surface area contributed by atoms with E-state index in [0.717, 1.165) is 38.0 Å². The Morgan fingerprint density at radius 2 is 2.29 bits per heavy atom. The number of nitrogens with zero attached hydrogens (tertiary/aromatic N) is 1. The number of hydrogen-bond donors (Lipinski definition) is 1. The van der Waals surface area contributed by atoms with Gasteiger partial charge < -0.3 is 5.32 Å². The van der Waals surface area contributed by atoms with Crippen LogP contribution >= 0.6 is 0 Å². The number of fused-ring (bicyclic) bond motifs is 1. The predicted molar refractivity (Wildman–Crippen MR) is 65.9 cm³/mol. The zero-order chi connectivity index (χ0) is 11.7. The molecule has 1 aliphatic carbocycles. The molecule has 1 saturated heterocycles. The number of pyridine rings is 1. The van der Waals surface area contributed by atoms with E-state index in [-0.39, 0.29) is 5.92 Å². The molecular weight excluding hydrogens is 215 g/mol. The van der Waals surface area contributed by atoms with E-state index < -0.39 is 5.67 Å². The maximum Gasteiger partial charge on any atom is 0.120 e. The van der Waals surface area contributed by atoms with Crippen LogP contribution in [-0.4, -0.2) is 23.7 Å². The molecule has 1 aliphatic heterocycles. The van der Waals surface area contributed by atoms with Gasteiger partial charge in [0.2, 0.25) is 0 Å². The van der Waals surface area contributed by atoms with Crippen LogP contribution in [0.15, 0.2) is 18.3 Å². The van der Waals surface area contributed by atoms with Gasteiger partial charge in [0, 0.05) is 17.8 Å². The van der Waals surface area contributed by atoms with Gasteiger partial charge in [0.1, 0.15) is 5.67 Å². The van der Waals surface area contributed by atoms with Gasteiger partial charge in [0.15, 0.2) is 0 Å². The third-order valence-electron chi connectivity index (χ3n) is 4.25. The van der Waals surface area contributed by atoms with E-state index in [1.54, 1.807) is 6.20 Å². The average Bonchev–Trinajstić information content (AvgIpc) is 2.67. The van der Waals surface area contributed by atoms with Gasteiger partial charge in [0.05, 0.1) is 0 Å². The number of rotatable bonds is 1. The maximum absolute atomic E-state index is 15.1. The number of alkyl halides is 1. The molecule has 17 heavy (non-hydrogen) atoms. The summed E-state index contributed by atoms with van der Waals surface area (Å²) in [6.07, 6.45) is 5.98. The summed E-state index contributed by atoms with van der Waals surface area (Å²) in [5.41, 5.74) is 1.24. The first-order chi connectivity index (χ1) is 8.30. The highest BCUT2D eigenvalue weighted by Gasteiger charge is 2.43. The maximum atomic E-state index is 15.1. The standard InChI is InChI=1S/C14H19FN2/c15-14(6-2-8-16-10-7-14)12-5-4-11-3-1-9-17-13(11)12/h1,3,9,12,16H,2,4-8,10H2. The molecule has 0 amide bonds. The molecule has 2 heterocycles. The van der Waals surface area contributed by atoms with Crippen LogP contribution < -0.4 is 5.32 Å². The Morgan fingerprint density at radius 1 is 1.35 bits per heavy atom. The molecule has 2 atom stereocenters. The van der Waals surface area contributed by atoms with Gasteiger partial charge in [-0.15, -0.1) is 0 Å². The van der Waals surface area contributed by atoms with E-state index in [0.29, 0.717) is 12.8 Å². The van der Waals surface area contributed by atoms with E-state index in [4.69, 9.17) is 0 Å². The van der Waals surface area contributed by atoms with E-state index in [1.165, 1.54) is 5.56 Å². The highest BCUT2D eigenvalue weighted by atomic mass is 19.1. The number of nitrogens with one attached hydrogen (secondary N) is 1. The topological polar surface area (TPSA) is 24.9 Å². The van der Waals surface area contributed by atoms with E-state index >= 15 is 4.39 Å². The molecule has 2 nitrogen and oxygen atoms in total. The van der Waals surface area contributed by atoms with Crippen molar-refractivity contribution >= 4 is 0 Å². The van der Waals surface area contributed by atoms with Crippen LogP contribution in [-0.2, 0) is 6.42 Å². The van der Waals surface area contributed by atoms with E-state index in [9.17, 15) is 0 Å². The molecular formula is C14H19FN2. The van der Waals surface area contributed by atoms with Crippen molar-refractivity contribution in [3.8, 4) is 0 Å². The molecule has 0 radical (unpaired) electrons. The molecule has 92 valence electrons. The lowest BCUT2D eigenvalue weighted by molar-refractivity contribution is 0.104. The third kappa shape index (κ3) is 1.97.